The molecule has 3 aromatic heterocycles. The van der Waals surface area contributed by atoms with Gasteiger partial charge in [0.15, 0.2) is 11.2 Å². The second-order valence-corrected chi connectivity index (χ2v) is 9.77. The lowest BCUT2D eigenvalue weighted by atomic mass is 10.1. The number of H-pyrrole nitrogens is 1. The van der Waals surface area contributed by atoms with E-state index in [1.54, 1.807) is 25.3 Å². The van der Waals surface area contributed by atoms with E-state index in [1.165, 1.54) is 4.57 Å². The van der Waals surface area contributed by atoms with Gasteiger partial charge in [0.05, 0.1) is 19.3 Å². The molecule has 0 aromatic carbocycles. The number of aromatic nitrogens is 5. The zero-order valence-electron chi connectivity index (χ0n) is 22.5. The molecule has 1 N–H and O–H groups in total. The third kappa shape index (κ3) is 5.68. The fourth-order valence-corrected chi connectivity index (χ4v) is 4.45. The van der Waals surface area contributed by atoms with Crippen LogP contribution in [0.15, 0.2) is 15.8 Å². The van der Waals surface area contributed by atoms with Crippen molar-refractivity contribution >= 4 is 17.1 Å². The molecule has 196 valence electrons. The molecule has 0 aliphatic heterocycles. The number of pyridine rings is 1. The van der Waals surface area contributed by atoms with Gasteiger partial charge < -0.3 is 14.2 Å². The molecular weight excluding hydrogens is 460 g/mol. The lowest BCUT2D eigenvalue weighted by Gasteiger charge is -2.19. The fourth-order valence-electron chi connectivity index (χ4n) is 4.45. The van der Waals surface area contributed by atoms with E-state index in [9.17, 15) is 14.4 Å². The maximum absolute atomic E-state index is 13.0. The number of fused-ring (bicyclic) bond motifs is 1. The van der Waals surface area contributed by atoms with Gasteiger partial charge in [-0.2, -0.15) is 0 Å². The normalized spacial score (nSPS) is 11.4. The number of ether oxygens (including phenoxy) is 1. The molecule has 3 rings (SSSR count). The van der Waals surface area contributed by atoms with Crippen molar-refractivity contribution in [2.75, 3.05) is 14.2 Å². The molecule has 36 heavy (non-hydrogen) atoms. The molecule has 0 radical (unpaired) electrons. The van der Waals surface area contributed by atoms with Gasteiger partial charge in [0.25, 0.3) is 5.56 Å². The average Bonchev–Trinajstić information content (AvgIpc) is 3.17. The van der Waals surface area contributed by atoms with Gasteiger partial charge in [0, 0.05) is 50.3 Å². The van der Waals surface area contributed by atoms with E-state index in [4.69, 9.17) is 9.72 Å². The molecule has 10 nitrogen and oxygen atoms in total. The molecule has 3 aromatic rings. The van der Waals surface area contributed by atoms with Crippen molar-refractivity contribution in [1.29, 1.82) is 0 Å². The van der Waals surface area contributed by atoms with Crippen molar-refractivity contribution in [1.82, 2.24) is 29.0 Å². The number of nitrogens with zero attached hydrogens (tertiary/aromatic N) is 5. The number of methoxy groups -OCH3 is 1. The lowest BCUT2D eigenvalue weighted by Crippen LogP contribution is -2.31. The summed E-state index contributed by atoms with van der Waals surface area (Å²) in [7, 11) is 3.38. The minimum absolute atomic E-state index is 0.0591. The Morgan fingerprint density at radius 3 is 2.58 bits per heavy atom. The predicted octanol–water partition coefficient (Wildman–Crippen LogP) is 2.95. The van der Waals surface area contributed by atoms with Crippen LogP contribution < -0.4 is 16.0 Å². The van der Waals surface area contributed by atoms with Crippen LogP contribution in [-0.2, 0) is 30.8 Å². The summed E-state index contributed by atoms with van der Waals surface area (Å²) in [5.41, 5.74) is 2.53. The summed E-state index contributed by atoms with van der Waals surface area (Å²) in [6.45, 7) is 11.4. The first kappa shape index (κ1) is 27.2. The van der Waals surface area contributed by atoms with E-state index in [0.717, 1.165) is 35.4 Å². The largest absolute Gasteiger partial charge is 0.496 e. The Labute approximate surface area is 211 Å². The number of rotatable bonds is 11. The number of amides is 1. The van der Waals surface area contributed by atoms with Crippen molar-refractivity contribution in [3.8, 4) is 5.75 Å². The van der Waals surface area contributed by atoms with E-state index in [2.05, 4.69) is 23.8 Å². The van der Waals surface area contributed by atoms with Gasteiger partial charge in [-0.25, -0.2) is 9.78 Å². The van der Waals surface area contributed by atoms with Crippen molar-refractivity contribution in [2.45, 2.75) is 79.9 Å². The number of aromatic amines is 1. The summed E-state index contributed by atoms with van der Waals surface area (Å²) in [6, 6.07) is 0. The summed E-state index contributed by atoms with van der Waals surface area (Å²) >= 11 is 0. The number of unbranched alkanes of at least 4 members (excludes halogenated alkanes) is 1. The van der Waals surface area contributed by atoms with E-state index in [1.807, 2.05) is 25.3 Å². The van der Waals surface area contributed by atoms with Crippen molar-refractivity contribution in [2.24, 2.45) is 5.92 Å². The Morgan fingerprint density at radius 1 is 1.22 bits per heavy atom. The summed E-state index contributed by atoms with van der Waals surface area (Å²) in [5.74, 6) is 1.60. The van der Waals surface area contributed by atoms with Crippen LogP contribution in [0.1, 0.15) is 62.7 Å². The molecule has 0 fully saturated rings. The Hall–Kier alpha value is -3.43. The fraction of sp³-hybridized carbons (Fsp3) is 0.577. The second kappa shape index (κ2) is 11.5. The van der Waals surface area contributed by atoms with Crippen LogP contribution in [0.5, 0.6) is 5.75 Å². The van der Waals surface area contributed by atoms with Crippen molar-refractivity contribution in [3.05, 3.63) is 49.7 Å². The highest BCUT2D eigenvalue weighted by Gasteiger charge is 2.21. The third-order valence-electron chi connectivity index (χ3n) is 6.37. The number of hydrogen-bond donors (Lipinski definition) is 1. The van der Waals surface area contributed by atoms with Crippen LogP contribution >= 0.6 is 0 Å². The van der Waals surface area contributed by atoms with Gasteiger partial charge in [0.1, 0.15) is 11.6 Å². The molecular formula is C26H38N6O4. The quantitative estimate of drug-likeness (QED) is 0.435. The maximum atomic E-state index is 13.0. The van der Waals surface area contributed by atoms with Crippen LogP contribution in [0.25, 0.3) is 11.2 Å². The van der Waals surface area contributed by atoms with Gasteiger partial charge in [0.2, 0.25) is 5.91 Å². The van der Waals surface area contributed by atoms with Crippen molar-refractivity contribution in [3.63, 3.8) is 0 Å². The molecule has 0 aliphatic carbocycles. The molecule has 0 bridgehead atoms. The van der Waals surface area contributed by atoms with Crippen molar-refractivity contribution < 1.29 is 9.53 Å². The van der Waals surface area contributed by atoms with Gasteiger partial charge in [-0.05, 0) is 26.2 Å². The first-order chi connectivity index (χ1) is 17.1. The first-order valence-electron chi connectivity index (χ1n) is 12.5. The number of hydrogen-bond acceptors (Lipinski definition) is 6. The minimum atomic E-state index is -0.450. The molecule has 0 aliphatic rings. The van der Waals surface area contributed by atoms with E-state index in [0.29, 0.717) is 43.0 Å². The highest BCUT2D eigenvalue weighted by atomic mass is 16.5. The van der Waals surface area contributed by atoms with Gasteiger partial charge in [-0.1, -0.05) is 27.2 Å². The van der Waals surface area contributed by atoms with Gasteiger partial charge >= 0.3 is 5.69 Å². The number of carbonyl (C=O) groups excluding carboxylic acids is 1. The van der Waals surface area contributed by atoms with E-state index >= 15 is 0 Å². The number of carbonyl (C=O) groups is 1. The van der Waals surface area contributed by atoms with Crippen LogP contribution in [0.4, 0.5) is 0 Å². The Bertz CT molecular complexity index is 1350. The third-order valence-corrected chi connectivity index (χ3v) is 6.37. The lowest BCUT2D eigenvalue weighted by molar-refractivity contribution is -0.130. The molecule has 10 heteroatoms. The molecule has 1 amide bonds. The highest BCUT2D eigenvalue weighted by molar-refractivity contribution is 5.76. The predicted molar refractivity (Wildman–Crippen MR) is 139 cm³/mol. The van der Waals surface area contributed by atoms with Crippen LogP contribution in [0.2, 0.25) is 0 Å². The molecule has 0 atom stereocenters. The smallest absolute Gasteiger partial charge is 0.330 e. The molecule has 0 saturated carbocycles. The summed E-state index contributed by atoms with van der Waals surface area (Å²) in [6.07, 6.45) is 4.04. The van der Waals surface area contributed by atoms with Gasteiger partial charge in [-0.15, -0.1) is 0 Å². The summed E-state index contributed by atoms with van der Waals surface area (Å²) < 4.78 is 8.88. The van der Waals surface area contributed by atoms with Crippen LogP contribution in [0.3, 0.4) is 0 Å². The first-order valence-corrected chi connectivity index (χ1v) is 12.5. The zero-order valence-corrected chi connectivity index (χ0v) is 22.5. The number of aryl methyl sites for hydroxylation is 3. The van der Waals surface area contributed by atoms with Gasteiger partial charge in [-0.3, -0.25) is 24.1 Å². The molecule has 3 heterocycles. The Morgan fingerprint density at radius 2 is 1.94 bits per heavy atom. The van der Waals surface area contributed by atoms with E-state index in [-0.39, 0.29) is 18.2 Å². The SMILES string of the molecule is CCCCn1c(=O)[nH]c(=O)c2c1nc(CCC(=O)N(C)Cc1ncc(C)c(OC)c1C)n2CC(C)C. The van der Waals surface area contributed by atoms with Crippen LogP contribution in [0, 0.1) is 19.8 Å². The topological polar surface area (TPSA) is 115 Å². The molecule has 0 unspecified atom stereocenters. The Balaban J connectivity index is 1.87. The highest BCUT2D eigenvalue weighted by Crippen LogP contribution is 2.25. The summed E-state index contributed by atoms with van der Waals surface area (Å²) in [4.78, 5) is 51.6. The Kier molecular flexibility index (Phi) is 8.70. The van der Waals surface area contributed by atoms with E-state index < -0.39 is 11.2 Å². The number of nitrogens with one attached hydrogen (secondary N) is 1. The maximum Gasteiger partial charge on any atom is 0.330 e. The standard InChI is InChI=1S/C26H38N6O4/c1-8-9-12-31-24-22(25(34)29-26(31)35)32(14-16(2)3)20(28-24)10-11-21(33)30(6)15-19-18(5)23(36-7)17(4)13-27-19/h13,16H,8-12,14-15H2,1-7H3,(H,29,34,35). The molecule has 0 saturated heterocycles. The number of imidazole rings is 1. The average molecular weight is 499 g/mol. The second-order valence-electron chi connectivity index (χ2n) is 9.77. The zero-order chi connectivity index (χ0) is 26.6. The monoisotopic (exact) mass is 498 g/mol. The van der Waals surface area contributed by atoms with Crippen LogP contribution in [-0.4, -0.2) is 49.1 Å². The summed E-state index contributed by atoms with van der Waals surface area (Å²) in [5, 5.41) is 0. The molecule has 0 spiro atoms. The minimum Gasteiger partial charge on any atom is -0.496 e.